The number of aromatic nitrogens is 2. The van der Waals surface area contributed by atoms with Crippen LogP contribution in [0, 0.1) is 17.5 Å². The number of ether oxygens (including phenoxy) is 2. The summed E-state index contributed by atoms with van der Waals surface area (Å²) >= 11 is 3.23. The molecule has 2 aromatic heterocycles. The molecule has 2 aliphatic carbocycles. The Labute approximate surface area is 325 Å². The average Bonchev–Trinajstić information content (AvgIpc) is 3.87. The first kappa shape index (κ1) is 40.4. The molecule has 0 bridgehead atoms. The van der Waals surface area contributed by atoms with Crippen molar-refractivity contribution in [1.82, 2.24) is 9.97 Å². The van der Waals surface area contributed by atoms with Crippen LogP contribution in [0.3, 0.4) is 0 Å². The number of pyridine rings is 2. The van der Waals surface area contributed by atoms with Crippen LogP contribution in [0.15, 0.2) is 95.5 Å². The number of nitrogens with zero attached hydrogens (tertiary/aromatic N) is 2. The maximum absolute atomic E-state index is 14.2. The van der Waals surface area contributed by atoms with Crippen LogP contribution in [0.25, 0.3) is 22.3 Å². The third kappa shape index (κ3) is 9.50. The number of carbonyl (C=O) groups excluding carboxylic acids is 1. The molecule has 2 N–H and O–H groups in total. The zero-order valence-corrected chi connectivity index (χ0v) is 30.6. The first-order chi connectivity index (χ1) is 26.0. The number of carboxylic acids is 1. The molecule has 0 amide bonds. The number of methoxy groups -OCH3 is 1. The minimum atomic E-state index is -1.10. The second-order valence-electron chi connectivity index (χ2n) is 12.6. The first-order valence-corrected chi connectivity index (χ1v) is 17.9. The van der Waals surface area contributed by atoms with E-state index in [9.17, 15) is 33.0 Å². The summed E-state index contributed by atoms with van der Waals surface area (Å²) in [7, 11) is 1.31. The predicted octanol–water partition coefficient (Wildman–Crippen LogP) is 10.9. The quantitative estimate of drug-likeness (QED) is 0.141. The molecule has 0 atom stereocenters. The number of hydrogen-bond acceptors (Lipinski definition) is 7. The van der Waals surface area contributed by atoms with E-state index < -0.39 is 29.4 Å². The molecule has 55 heavy (non-hydrogen) atoms. The number of aromatic carboxylic acids is 1. The van der Waals surface area contributed by atoms with Crippen molar-refractivity contribution >= 4 is 50.2 Å². The Balaban J connectivity index is 0.000000216. The lowest BCUT2D eigenvalue weighted by molar-refractivity contribution is 0.0593. The van der Waals surface area contributed by atoms with Gasteiger partial charge < -0.3 is 19.7 Å². The lowest BCUT2D eigenvalue weighted by Crippen LogP contribution is -2.05. The smallest absolute Gasteiger partial charge is 0.356 e. The maximum Gasteiger partial charge on any atom is 0.356 e. The van der Waals surface area contributed by atoms with Crippen molar-refractivity contribution in [3.05, 3.63) is 152 Å². The number of carbonyl (C=O) groups is 2. The Morgan fingerprint density at radius 2 is 1.29 bits per heavy atom. The van der Waals surface area contributed by atoms with Crippen LogP contribution < -0.4 is 4.74 Å². The summed E-state index contributed by atoms with van der Waals surface area (Å²) in [4.78, 5) is 31.5. The highest BCUT2D eigenvalue weighted by Gasteiger charge is 2.24. The number of esters is 1. The number of aromatic hydroxyl groups is 1. The Kier molecular flexibility index (Phi) is 13.3. The minimum Gasteiger partial charge on any atom is -0.507 e. The number of carboxylic acid groups (broad SMARTS) is 1. The molecule has 2 heterocycles. The van der Waals surface area contributed by atoms with Gasteiger partial charge in [-0.1, -0.05) is 41.6 Å². The molecule has 5 aromatic rings. The summed E-state index contributed by atoms with van der Waals surface area (Å²) in [5, 5.41) is 19.3. The molecule has 284 valence electrons. The van der Waals surface area contributed by atoms with Crippen molar-refractivity contribution in [3.63, 3.8) is 0 Å². The van der Waals surface area contributed by atoms with Crippen molar-refractivity contribution in [1.29, 1.82) is 0 Å². The zero-order valence-electron chi connectivity index (χ0n) is 29.0. The van der Waals surface area contributed by atoms with E-state index >= 15 is 0 Å². The van der Waals surface area contributed by atoms with Gasteiger partial charge in [-0.05, 0) is 134 Å². The van der Waals surface area contributed by atoms with Gasteiger partial charge >= 0.3 is 11.9 Å². The molecule has 12 heteroatoms. The molecule has 0 unspecified atom stereocenters. The Bertz CT molecular complexity index is 2310. The van der Waals surface area contributed by atoms with E-state index in [1.165, 1.54) is 55.6 Å². The molecule has 8 nitrogen and oxygen atoms in total. The van der Waals surface area contributed by atoms with Gasteiger partial charge in [-0.15, -0.1) is 0 Å². The van der Waals surface area contributed by atoms with Gasteiger partial charge in [0, 0.05) is 21.2 Å². The van der Waals surface area contributed by atoms with Crippen LogP contribution in [0.2, 0.25) is 0 Å². The highest BCUT2D eigenvalue weighted by molar-refractivity contribution is 9.10. The van der Waals surface area contributed by atoms with E-state index in [-0.39, 0.29) is 31.2 Å². The largest absolute Gasteiger partial charge is 0.507 e. The molecule has 0 spiro atoms. The number of halogens is 4. The van der Waals surface area contributed by atoms with Crippen LogP contribution in [-0.4, -0.2) is 39.2 Å². The van der Waals surface area contributed by atoms with Gasteiger partial charge in [0.05, 0.1) is 18.5 Å². The molecule has 2 aliphatic rings. The monoisotopic (exact) mass is 814 g/mol. The predicted molar refractivity (Wildman–Crippen MR) is 208 cm³/mol. The standard InChI is InChI=1S/C24H18BrF2NO3.C18H16FNO3.CH4/c25-15-8-7-14(20(27)11-15)13-31-23-10-9-16(26)12-19(23)17-3-1-4-18(17)21-5-2-6-22(28-21)24(29)30;1-23-18(22)16-7-3-6-15(20-16)13-5-2-4-12(13)14-10-11(19)8-9-17(14)21;/h2,5-12H,1,3-4,13H2,(H,29,30);3,6-10,21H,2,4-5H2,1H3;1H4. The average molecular weight is 816 g/mol. The number of benzene rings is 3. The van der Waals surface area contributed by atoms with Crippen molar-refractivity contribution in [2.45, 2.75) is 52.6 Å². The Hall–Kier alpha value is -5.75. The third-order valence-electron chi connectivity index (χ3n) is 9.11. The number of allylic oxidation sites excluding steroid dienone is 4. The maximum atomic E-state index is 14.2. The van der Waals surface area contributed by atoms with Crippen LogP contribution in [-0.2, 0) is 11.3 Å². The lowest BCUT2D eigenvalue weighted by atomic mass is 9.98. The molecule has 0 radical (unpaired) electrons. The minimum absolute atomic E-state index is 0. The van der Waals surface area contributed by atoms with E-state index in [4.69, 9.17) is 9.47 Å². The van der Waals surface area contributed by atoms with Crippen molar-refractivity contribution in [2.24, 2.45) is 0 Å². The van der Waals surface area contributed by atoms with Gasteiger partial charge in [0.15, 0.2) is 0 Å². The summed E-state index contributed by atoms with van der Waals surface area (Å²) in [6, 6.07) is 22.8. The first-order valence-electron chi connectivity index (χ1n) is 17.1. The number of hydrogen-bond donors (Lipinski definition) is 2. The highest BCUT2D eigenvalue weighted by atomic mass is 79.9. The molecular formula is C43H38BrF3N2O6. The van der Waals surface area contributed by atoms with E-state index in [1.807, 2.05) is 6.07 Å². The summed E-state index contributed by atoms with van der Waals surface area (Å²) in [6.07, 6.45) is 4.61. The summed E-state index contributed by atoms with van der Waals surface area (Å²) in [5.74, 6) is -2.32. The highest BCUT2D eigenvalue weighted by Crippen LogP contribution is 2.44. The van der Waals surface area contributed by atoms with Gasteiger partial charge in [0.2, 0.25) is 0 Å². The second kappa shape index (κ2) is 18.1. The fourth-order valence-electron chi connectivity index (χ4n) is 6.60. The molecule has 3 aromatic carbocycles. The van der Waals surface area contributed by atoms with E-state index in [1.54, 1.807) is 36.4 Å². The van der Waals surface area contributed by atoms with Crippen LogP contribution >= 0.6 is 15.9 Å². The fourth-order valence-corrected chi connectivity index (χ4v) is 6.93. The summed E-state index contributed by atoms with van der Waals surface area (Å²) < 4.78 is 53.1. The van der Waals surface area contributed by atoms with Crippen molar-refractivity contribution in [2.75, 3.05) is 7.11 Å². The molecule has 0 aliphatic heterocycles. The summed E-state index contributed by atoms with van der Waals surface area (Å²) in [5.41, 5.74) is 6.38. The fraction of sp³-hybridized carbons (Fsp3) is 0.209. The molecule has 7 rings (SSSR count). The van der Waals surface area contributed by atoms with Gasteiger partial charge in [-0.3, -0.25) is 0 Å². The Morgan fingerprint density at radius 3 is 1.91 bits per heavy atom. The molecule has 0 saturated heterocycles. The van der Waals surface area contributed by atoms with Gasteiger partial charge in [-0.2, -0.15) is 0 Å². The van der Waals surface area contributed by atoms with Gasteiger partial charge in [-0.25, -0.2) is 32.7 Å². The second-order valence-corrected chi connectivity index (χ2v) is 13.5. The SMILES string of the molecule is C.COC(=O)c1cccc(C2=C(c3cc(F)ccc3O)CCC2)n1.O=C(O)c1cccc(C2=C(c3cc(F)ccc3OCc3ccc(Br)cc3F)CCC2)n1. The lowest BCUT2D eigenvalue weighted by Gasteiger charge is -2.15. The van der Waals surface area contributed by atoms with Crippen LogP contribution in [0.5, 0.6) is 11.5 Å². The van der Waals surface area contributed by atoms with Gasteiger partial charge in [0.25, 0.3) is 0 Å². The van der Waals surface area contributed by atoms with Crippen LogP contribution in [0.1, 0.15) is 95.0 Å². The van der Waals surface area contributed by atoms with Crippen molar-refractivity contribution in [3.8, 4) is 11.5 Å². The number of phenolic OH excluding ortho intramolecular Hbond substituents is 1. The van der Waals surface area contributed by atoms with E-state index in [0.717, 1.165) is 48.0 Å². The van der Waals surface area contributed by atoms with Crippen LogP contribution in [0.4, 0.5) is 13.2 Å². The summed E-state index contributed by atoms with van der Waals surface area (Å²) in [6.45, 7) is -0.00684. The van der Waals surface area contributed by atoms with E-state index in [2.05, 4.69) is 25.9 Å². The molecule has 0 fully saturated rings. The van der Waals surface area contributed by atoms with E-state index in [0.29, 0.717) is 51.1 Å². The Morgan fingerprint density at radius 1 is 0.727 bits per heavy atom. The molecular weight excluding hydrogens is 777 g/mol. The number of rotatable bonds is 9. The number of phenols is 1. The zero-order chi connectivity index (χ0) is 38.4. The molecule has 0 saturated carbocycles. The van der Waals surface area contributed by atoms with Crippen molar-refractivity contribution < 1.29 is 42.4 Å². The normalized spacial score (nSPS) is 13.5. The third-order valence-corrected chi connectivity index (χ3v) is 9.61. The van der Waals surface area contributed by atoms with Gasteiger partial charge in [0.1, 0.15) is 46.9 Å². The topological polar surface area (TPSA) is 119 Å².